The highest BCUT2D eigenvalue weighted by Gasteiger charge is 2.38. The zero-order valence-corrected chi connectivity index (χ0v) is 17.2. The van der Waals surface area contributed by atoms with Gasteiger partial charge >= 0.3 is 0 Å². The Morgan fingerprint density at radius 2 is 2.00 bits per heavy atom. The third-order valence-electron chi connectivity index (χ3n) is 5.97. The molecule has 0 saturated carbocycles. The van der Waals surface area contributed by atoms with E-state index in [0.29, 0.717) is 0 Å². The van der Waals surface area contributed by atoms with Crippen molar-refractivity contribution in [1.29, 1.82) is 0 Å². The van der Waals surface area contributed by atoms with Crippen molar-refractivity contribution in [3.8, 4) is 0 Å². The molecule has 3 aromatic rings. The van der Waals surface area contributed by atoms with E-state index in [4.69, 9.17) is 0 Å². The van der Waals surface area contributed by atoms with Gasteiger partial charge in [0, 0.05) is 54.0 Å². The molecule has 0 spiro atoms. The zero-order chi connectivity index (χ0) is 19.9. The van der Waals surface area contributed by atoms with Gasteiger partial charge in [0.15, 0.2) is 0 Å². The lowest BCUT2D eigenvalue weighted by Gasteiger charge is -2.40. The van der Waals surface area contributed by atoms with Gasteiger partial charge in [-0.3, -0.25) is 4.98 Å². The molecular formula is C25H29N3. The molecule has 3 heteroatoms. The number of pyridine rings is 1. The topological polar surface area (TPSA) is 21.1 Å². The van der Waals surface area contributed by atoms with Crippen molar-refractivity contribution in [2.75, 3.05) is 13.6 Å². The van der Waals surface area contributed by atoms with E-state index in [0.717, 1.165) is 37.2 Å². The van der Waals surface area contributed by atoms with E-state index >= 15 is 0 Å². The Morgan fingerprint density at radius 1 is 1.25 bits per heavy atom. The minimum atomic E-state index is 0.0372. The highest BCUT2D eigenvalue weighted by atomic mass is 15.1. The van der Waals surface area contributed by atoms with Gasteiger partial charge in [-0.05, 0) is 61.4 Å². The third-order valence-corrected chi connectivity index (χ3v) is 5.97. The summed E-state index contributed by atoms with van der Waals surface area (Å²) < 4.78 is 2.50. The highest BCUT2D eigenvalue weighted by Crippen LogP contribution is 2.42. The van der Waals surface area contributed by atoms with Gasteiger partial charge < -0.3 is 9.47 Å². The lowest BCUT2D eigenvalue weighted by Crippen LogP contribution is -2.43. The van der Waals surface area contributed by atoms with Gasteiger partial charge in [0.2, 0.25) is 0 Å². The number of aromatic nitrogens is 2. The molecule has 28 heavy (non-hydrogen) atoms. The second-order valence-electron chi connectivity index (χ2n) is 8.50. The van der Waals surface area contributed by atoms with E-state index in [1.807, 2.05) is 24.5 Å². The van der Waals surface area contributed by atoms with Crippen LogP contribution < -0.4 is 0 Å². The molecule has 0 saturated heterocycles. The van der Waals surface area contributed by atoms with Gasteiger partial charge in [-0.15, -0.1) is 6.58 Å². The molecule has 0 N–H and O–H groups in total. The number of allylic oxidation sites excluding steroid dienone is 2. The molecule has 4 rings (SSSR count). The Morgan fingerprint density at radius 3 is 2.71 bits per heavy atom. The number of rotatable bonds is 5. The molecule has 1 aromatic carbocycles. The van der Waals surface area contributed by atoms with Crippen LogP contribution in [-0.2, 0) is 18.5 Å². The number of aryl methyl sites for hydroxylation is 1. The summed E-state index contributed by atoms with van der Waals surface area (Å²) in [4.78, 5) is 6.59. The van der Waals surface area contributed by atoms with Crippen molar-refractivity contribution in [3.05, 3.63) is 84.3 Å². The van der Waals surface area contributed by atoms with Gasteiger partial charge in [0.25, 0.3) is 0 Å². The van der Waals surface area contributed by atoms with E-state index in [1.165, 1.54) is 27.7 Å². The van der Waals surface area contributed by atoms with Crippen LogP contribution in [0.1, 0.15) is 35.7 Å². The first kappa shape index (κ1) is 18.7. The number of fused-ring (bicyclic) bond motifs is 3. The molecule has 0 radical (unpaired) electrons. The van der Waals surface area contributed by atoms with Crippen LogP contribution in [0.4, 0.5) is 0 Å². The van der Waals surface area contributed by atoms with Crippen LogP contribution in [-0.4, -0.2) is 28.0 Å². The molecule has 1 atom stereocenters. The van der Waals surface area contributed by atoms with Crippen LogP contribution in [0, 0.1) is 6.92 Å². The second-order valence-corrected chi connectivity index (χ2v) is 8.50. The number of hydrogen-bond acceptors (Lipinski definition) is 2. The number of benzene rings is 1. The average Bonchev–Trinajstić information content (AvgIpc) is 2.96. The Labute approximate surface area is 168 Å². The summed E-state index contributed by atoms with van der Waals surface area (Å²) in [5, 5.41) is 1.37. The van der Waals surface area contributed by atoms with Crippen molar-refractivity contribution in [2.45, 2.75) is 38.8 Å². The molecule has 3 heterocycles. The maximum atomic E-state index is 4.40. The van der Waals surface area contributed by atoms with Crippen molar-refractivity contribution in [2.24, 2.45) is 0 Å². The van der Waals surface area contributed by atoms with Crippen LogP contribution >= 0.6 is 0 Å². The Balaban J connectivity index is 1.93. The molecule has 144 valence electrons. The van der Waals surface area contributed by atoms with E-state index in [1.54, 1.807) is 0 Å². The zero-order valence-electron chi connectivity index (χ0n) is 17.2. The quantitative estimate of drug-likeness (QED) is 0.565. The smallest absolute Gasteiger partial charge is 0.0489 e. The standard InChI is InChI=1S/C25H29N3/c1-6-11-25(4)17-27(5)16-22-21-14-18(2)7-8-23(21)28(24(22)25)15-19(3)20-9-12-26-13-10-20/h6-10,12-14H,1,3,11,15-17H2,2,4-5H3. The van der Waals surface area contributed by atoms with Gasteiger partial charge in [0.1, 0.15) is 0 Å². The lowest BCUT2D eigenvalue weighted by molar-refractivity contribution is 0.217. The SMILES string of the molecule is C=CCC1(C)CN(C)Cc2c1n(CC(=C)c1ccncc1)c1ccc(C)cc21. The van der Waals surface area contributed by atoms with Gasteiger partial charge in [-0.2, -0.15) is 0 Å². The molecule has 0 bridgehead atoms. The van der Waals surface area contributed by atoms with Gasteiger partial charge in [-0.1, -0.05) is 31.2 Å². The van der Waals surface area contributed by atoms with Crippen LogP contribution in [0.2, 0.25) is 0 Å². The molecule has 0 fully saturated rings. The van der Waals surface area contributed by atoms with Crippen LogP contribution in [0.3, 0.4) is 0 Å². The first-order valence-electron chi connectivity index (χ1n) is 9.93. The molecule has 1 unspecified atom stereocenters. The number of nitrogens with zero attached hydrogens (tertiary/aromatic N) is 3. The minimum Gasteiger partial charge on any atom is -0.339 e. The maximum Gasteiger partial charge on any atom is 0.0489 e. The summed E-state index contributed by atoms with van der Waals surface area (Å²) in [6.45, 7) is 15.8. The monoisotopic (exact) mass is 371 g/mol. The predicted molar refractivity (Wildman–Crippen MR) is 118 cm³/mol. The van der Waals surface area contributed by atoms with E-state index in [9.17, 15) is 0 Å². The largest absolute Gasteiger partial charge is 0.339 e. The van der Waals surface area contributed by atoms with E-state index in [2.05, 4.69) is 72.8 Å². The molecule has 0 amide bonds. The fourth-order valence-corrected chi connectivity index (χ4v) is 4.90. The Kier molecular flexibility index (Phi) is 4.72. The van der Waals surface area contributed by atoms with Crippen LogP contribution in [0.25, 0.3) is 16.5 Å². The van der Waals surface area contributed by atoms with Crippen molar-refractivity contribution < 1.29 is 0 Å². The summed E-state index contributed by atoms with van der Waals surface area (Å²) >= 11 is 0. The van der Waals surface area contributed by atoms with Crippen molar-refractivity contribution in [3.63, 3.8) is 0 Å². The fourth-order valence-electron chi connectivity index (χ4n) is 4.90. The van der Waals surface area contributed by atoms with Crippen LogP contribution in [0.5, 0.6) is 0 Å². The maximum absolute atomic E-state index is 4.40. The first-order chi connectivity index (χ1) is 13.4. The first-order valence-corrected chi connectivity index (χ1v) is 9.93. The molecule has 3 nitrogen and oxygen atoms in total. The normalized spacial score (nSPS) is 19.5. The van der Waals surface area contributed by atoms with Crippen molar-refractivity contribution in [1.82, 2.24) is 14.5 Å². The second kappa shape index (κ2) is 7.06. The van der Waals surface area contributed by atoms with Crippen molar-refractivity contribution >= 4 is 16.5 Å². The van der Waals surface area contributed by atoms with E-state index in [-0.39, 0.29) is 5.41 Å². The van der Waals surface area contributed by atoms with Crippen LogP contribution in [0.15, 0.2) is 62.0 Å². The minimum absolute atomic E-state index is 0.0372. The number of likely N-dealkylation sites (N-methyl/N-ethyl adjacent to an activating group) is 1. The summed E-state index contributed by atoms with van der Waals surface area (Å²) in [5.74, 6) is 0. The molecule has 2 aromatic heterocycles. The fraction of sp³-hybridized carbons (Fsp3) is 0.320. The Hall–Kier alpha value is -2.65. The highest BCUT2D eigenvalue weighted by molar-refractivity contribution is 5.87. The lowest BCUT2D eigenvalue weighted by atomic mass is 9.78. The molecular weight excluding hydrogens is 342 g/mol. The van der Waals surface area contributed by atoms with Gasteiger partial charge in [-0.25, -0.2) is 0 Å². The third kappa shape index (κ3) is 3.10. The predicted octanol–water partition coefficient (Wildman–Crippen LogP) is 5.34. The summed E-state index contributed by atoms with van der Waals surface area (Å²) in [7, 11) is 2.22. The van der Waals surface area contributed by atoms with E-state index < -0.39 is 0 Å². The number of hydrogen-bond donors (Lipinski definition) is 0. The summed E-state index contributed by atoms with van der Waals surface area (Å²) in [6, 6.07) is 10.9. The summed E-state index contributed by atoms with van der Waals surface area (Å²) in [5.41, 5.74) is 7.81. The molecule has 0 aliphatic carbocycles. The average molecular weight is 372 g/mol. The van der Waals surface area contributed by atoms with Gasteiger partial charge in [0.05, 0.1) is 0 Å². The molecule has 1 aliphatic heterocycles. The Bertz CT molecular complexity index is 1040. The summed E-state index contributed by atoms with van der Waals surface area (Å²) in [6.07, 6.45) is 6.70. The molecule has 1 aliphatic rings.